The molecule has 2 aromatic rings. The van der Waals surface area contributed by atoms with Crippen LogP contribution in [0.3, 0.4) is 0 Å². The second-order valence-corrected chi connectivity index (χ2v) is 5.99. The minimum absolute atomic E-state index is 0.0217. The van der Waals surface area contributed by atoms with Gasteiger partial charge in [-0.25, -0.2) is 9.78 Å². The van der Waals surface area contributed by atoms with Crippen LogP contribution in [-0.2, 0) is 16.2 Å². The number of carbonyl (C=O) groups is 1. The Balaban J connectivity index is 2.32. The standard InChI is InChI=1S/C12H9F3N2O5S/c1-6-4-7(12(13,14)15)2-3-8(6)17-23(20,21)11-16-5-9(22-11)10(18)19/h2-5,17H,1H3,(H,18,19). The number of hydrogen-bond donors (Lipinski definition) is 2. The van der Waals surface area contributed by atoms with Gasteiger partial charge in [0.2, 0.25) is 5.76 Å². The van der Waals surface area contributed by atoms with Crippen molar-refractivity contribution < 1.29 is 35.9 Å². The van der Waals surface area contributed by atoms with E-state index in [2.05, 4.69) is 9.40 Å². The van der Waals surface area contributed by atoms with Crippen molar-refractivity contribution in [2.45, 2.75) is 18.3 Å². The molecule has 1 heterocycles. The first-order valence-electron chi connectivity index (χ1n) is 5.90. The van der Waals surface area contributed by atoms with Crippen LogP contribution in [0.4, 0.5) is 18.9 Å². The third kappa shape index (κ3) is 3.62. The van der Waals surface area contributed by atoms with Crippen LogP contribution in [0.2, 0.25) is 0 Å². The number of alkyl halides is 3. The largest absolute Gasteiger partial charge is 0.475 e. The minimum Gasteiger partial charge on any atom is -0.475 e. The SMILES string of the molecule is Cc1cc(C(F)(F)F)ccc1NS(=O)(=O)c1ncc(C(=O)O)o1. The first-order valence-corrected chi connectivity index (χ1v) is 7.39. The number of rotatable bonds is 4. The summed E-state index contributed by atoms with van der Waals surface area (Å²) >= 11 is 0. The highest BCUT2D eigenvalue weighted by Crippen LogP contribution is 2.32. The van der Waals surface area contributed by atoms with E-state index in [9.17, 15) is 26.4 Å². The van der Waals surface area contributed by atoms with Crippen LogP contribution < -0.4 is 4.72 Å². The number of aryl methyl sites for hydroxylation is 1. The van der Waals surface area contributed by atoms with E-state index in [0.29, 0.717) is 12.3 Å². The van der Waals surface area contributed by atoms with Crippen LogP contribution in [0.25, 0.3) is 0 Å². The average Bonchev–Trinajstić information content (AvgIpc) is 2.90. The molecule has 0 saturated heterocycles. The molecule has 0 aliphatic heterocycles. The summed E-state index contributed by atoms with van der Waals surface area (Å²) in [6.45, 7) is 1.28. The van der Waals surface area contributed by atoms with Crippen molar-refractivity contribution in [1.29, 1.82) is 0 Å². The lowest BCUT2D eigenvalue weighted by atomic mass is 10.1. The van der Waals surface area contributed by atoms with Crippen LogP contribution in [0, 0.1) is 6.92 Å². The molecule has 0 fully saturated rings. The third-order valence-corrected chi connectivity index (χ3v) is 3.86. The molecule has 0 aliphatic rings. The first-order chi connectivity index (χ1) is 10.5. The molecule has 0 radical (unpaired) electrons. The number of nitrogens with one attached hydrogen (secondary N) is 1. The molecule has 0 unspecified atom stereocenters. The molecule has 0 saturated carbocycles. The van der Waals surface area contributed by atoms with E-state index in [4.69, 9.17) is 5.11 Å². The van der Waals surface area contributed by atoms with Gasteiger partial charge in [-0.3, -0.25) is 4.72 Å². The van der Waals surface area contributed by atoms with Crippen molar-refractivity contribution in [3.05, 3.63) is 41.3 Å². The quantitative estimate of drug-likeness (QED) is 0.877. The number of aromatic nitrogens is 1. The van der Waals surface area contributed by atoms with Crippen molar-refractivity contribution in [3.63, 3.8) is 0 Å². The fraction of sp³-hybridized carbons (Fsp3) is 0.167. The summed E-state index contributed by atoms with van der Waals surface area (Å²) in [5.74, 6) is -2.20. The van der Waals surface area contributed by atoms with Gasteiger partial charge in [0.05, 0.1) is 17.4 Å². The zero-order chi connectivity index (χ0) is 17.4. The molecule has 23 heavy (non-hydrogen) atoms. The summed E-state index contributed by atoms with van der Waals surface area (Å²) in [6, 6.07) is 2.43. The van der Waals surface area contributed by atoms with Gasteiger partial charge < -0.3 is 9.52 Å². The van der Waals surface area contributed by atoms with Crippen LogP contribution in [0.5, 0.6) is 0 Å². The number of halogens is 3. The fourth-order valence-electron chi connectivity index (χ4n) is 1.62. The van der Waals surface area contributed by atoms with Crippen LogP contribution in [-0.4, -0.2) is 24.5 Å². The summed E-state index contributed by atoms with van der Waals surface area (Å²) in [5.41, 5.74) is -1.02. The van der Waals surface area contributed by atoms with Crippen molar-refractivity contribution in [2.75, 3.05) is 4.72 Å². The number of sulfonamides is 1. The van der Waals surface area contributed by atoms with Gasteiger partial charge in [0.1, 0.15) is 0 Å². The second-order valence-electron chi connectivity index (χ2n) is 4.43. The Hall–Kier alpha value is -2.56. The van der Waals surface area contributed by atoms with Crippen molar-refractivity contribution in [3.8, 4) is 0 Å². The maximum Gasteiger partial charge on any atom is 0.416 e. The molecular weight excluding hydrogens is 341 g/mol. The molecule has 0 aliphatic carbocycles. The second kappa shape index (κ2) is 5.57. The van der Waals surface area contributed by atoms with Crippen LogP contribution in [0.1, 0.15) is 21.7 Å². The molecule has 2 N–H and O–H groups in total. The Kier molecular flexibility index (Phi) is 4.07. The normalized spacial score (nSPS) is 12.2. The number of hydrogen-bond acceptors (Lipinski definition) is 5. The molecule has 124 valence electrons. The molecule has 0 spiro atoms. The van der Waals surface area contributed by atoms with Gasteiger partial charge in [-0.2, -0.15) is 21.6 Å². The van der Waals surface area contributed by atoms with Crippen molar-refractivity contribution >= 4 is 21.7 Å². The summed E-state index contributed by atoms with van der Waals surface area (Å²) in [7, 11) is -4.37. The van der Waals surface area contributed by atoms with Gasteiger partial charge in [-0.15, -0.1) is 0 Å². The van der Waals surface area contributed by atoms with E-state index in [1.165, 1.54) is 6.92 Å². The Morgan fingerprint density at radius 2 is 2.00 bits per heavy atom. The summed E-state index contributed by atoms with van der Waals surface area (Å²) < 4.78 is 68.2. The average molecular weight is 350 g/mol. The number of carboxylic acid groups (broad SMARTS) is 1. The molecule has 0 bridgehead atoms. The van der Waals surface area contributed by atoms with E-state index in [0.717, 1.165) is 12.1 Å². The number of anilines is 1. The molecule has 1 aromatic heterocycles. The van der Waals surface area contributed by atoms with Gasteiger partial charge in [-0.05, 0) is 30.7 Å². The molecule has 1 aromatic carbocycles. The summed E-state index contributed by atoms with van der Waals surface area (Å²) in [5, 5.41) is 7.74. The van der Waals surface area contributed by atoms with Gasteiger partial charge in [0.15, 0.2) is 0 Å². The third-order valence-electron chi connectivity index (χ3n) is 2.72. The van der Waals surface area contributed by atoms with E-state index < -0.39 is 38.7 Å². The monoisotopic (exact) mass is 350 g/mol. The molecule has 7 nitrogen and oxygen atoms in total. The van der Waals surface area contributed by atoms with Gasteiger partial charge in [0, 0.05) is 0 Å². The molecular formula is C12H9F3N2O5S. The number of oxazole rings is 1. The zero-order valence-corrected chi connectivity index (χ0v) is 12.2. The van der Waals surface area contributed by atoms with E-state index in [1.807, 2.05) is 4.72 Å². The Morgan fingerprint density at radius 3 is 2.48 bits per heavy atom. The Bertz CT molecular complexity index is 858. The summed E-state index contributed by atoms with van der Waals surface area (Å²) in [6.07, 6.45) is -3.85. The van der Waals surface area contributed by atoms with E-state index in [1.54, 1.807) is 0 Å². The van der Waals surface area contributed by atoms with Gasteiger partial charge in [0.25, 0.3) is 0 Å². The maximum absolute atomic E-state index is 12.6. The highest BCUT2D eigenvalue weighted by molar-refractivity contribution is 7.92. The van der Waals surface area contributed by atoms with Gasteiger partial charge in [-0.1, -0.05) is 0 Å². The number of carboxylic acids is 1. The van der Waals surface area contributed by atoms with Crippen LogP contribution in [0.15, 0.2) is 34.0 Å². The lowest BCUT2D eigenvalue weighted by molar-refractivity contribution is -0.137. The predicted molar refractivity (Wildman–Crippen MR) is 70.5 cm³/mol. The van der Waals surface area contributed by atoms with E-state index in [-0.39, 0.29) is 11.3 Å². The number of aromatic carboxylic acids is 1. The molecule has 11 heteroatoms. The summed E-state index contributed by atoms with van der Waals surface area (Å²) in [4.78, 5) is 13.9. The fourth-order valence-corrected chi connectivity index (χ4v) is 2.62. The number of nitrogens with zero attached hydrogens (tertiary/aromatic N) is 1. The lowest BCUT2D eigenvalue weighted by Crippen LogP contribution is -2.15. The minimum atomic E-state index is -4.55. The lowest BCUT2D eigenvalue weighted by Gasteiger charge is -2.11. The van der Waals surface area contributed by atoms with Gasteiger partial charge >= 0.3 is 27.4 Å². The Labute approximate surface area is 127 Å². The molecule has 0 amide bonds. The Morgan fingerprint density at radius 1 is 1.35 bits per heavy atom. The molecule has 2 rings (SSSR count). The molecule has 0 atom stereocenters. The highest BCUT2D eigenvalue weighted by atomic mass is 32.2. The van der Waals surface area contributed by atoms with E-state index >= 15 is 0 Å². The van der Waals surface area contributed by atoms with Crippen molar-refractivity contribution in [2.24, 2.45) is 0 Å². The smallest absolute Gasteiger partial charge is 0.416 e. The topological polar surface area (TPSA) is 110 Å². The first kappa shape index (κ1) is 16.8. The highest BCUT2D eigenvalue weighted by Gasteiger charge is 2.31. The predicted octanol–water partition coefficient (Wildman–Crippen LogP) is 2.50. The number of benzene rings is 1. The van der Waals surface area contributed by atoms with Crippen LogP contribution >= 0.6 is 0 Å². The maximum atomic E-state index is 12.6. The zero-order valence-electron chi connectivity index (χ0n) is 11.4. The van der Waals surface area contributed by atoms with Crippen molar-refractivity contribution in [1.82, 2.24) is 4.98 Å².